The minimum atomic E-state index is -0.335. The Kier molecular flexibility index (Phi) is 4.28. The molecule has 0 spiro atoms. The van der Waals surface area contributed by atoms with Crippen LogP contribution in [0.2, 0.25) is 0 Å². The number of hydrogen-bond donors (Lipinski definition) is 1. The van der Waals surface area contributed by atoms with Crippen molar-refractivity contribution in [2.75, 3.05) is 7.05 Å². The second kappa shape index (κ2) is 6.02. The monoisotopic (exact) mass is 353 g/mol. The maximum Gasteiger partial charge on any atom is 0.283 e. The van der Waals surface area contributed by atoms with Gasteiger partial charge in [0.15, 0.2) is 0 Å². The van der Waals surface area contributed by atoms with Crippen molar-refractivity contribution in [2.24, 2.45) is 0 Å². The second-order valence-corrected chi connectivity index (χ2v) is 7.08. The SMILES string of the molecule is CN(Cc1ccc(Br)c([N+](=O)[O-])c1)C1CC2CCC(C1)N2. The Morgan fingerprint density at radius 2 is 2.05 bits per heavy atom. The molecule has 2 aliphatic rings. The van der Waals surface area contributed by atoms with Crippen LogP contribution in [0, 0.1) is 10.1 Å². The summed E-state index contributed by atoms with van der Waals surface area (Å²) in [4.78, 5) is 13.0. The summed E-state index contributed by atoms with van der Waals surface area (Å²) >= 11 is 3.23. The van der Waals surface area contributed by atoms with Gasteiger partial charge in [-0.05, 0) is 60.3 Å². The highest BCUT2D eigenvalue weighted by molar-refractivity contribution is 9.10. The van der Waals surface area contributed by atoms with E-state index < -0.39 is 0 Å². The molecule has 3 rings (SSSR count). The topological polar surface area (TPSA) is 58.4 Å². The molecule has 0 amide bonds. The Bertz CT molecular complexity index is 540. The van der Waals surface area contributed by atoms with Crippen LogP contribution in [0.15, 0.2) is 22.7 Å². The van der Waals surface area contributed by atoms with Gasteiger partial charge in [-0.15, -0.1) is 0 Å². The molecule has 2 atom stereocenters. The molecule has 2 unspecified atom stereocenters. The van der Waals surface area contributed by atoms with Gasteiger partial charge in [0.25, 0.3) is 5.69 Å². The highest BCUT2D eigenvalue weighted by Gasteiger charge is 2.35. The number of rotatable bonds is 4. The van der Waals surface area contributed by atoms with Crippen LogP contribution in [0.25, 0.3) is 0 Å². The van der Waals surface area contributed by atoms with Gasteiger partial charge < -0.3 is 5.32 Å². The fourth-order valence-electron chi connectivity index (χ4n) is 3.60. The van der Waals surface area contributed by atoms with Gasteiger partial charge in [0.1, 0.15) is 0 Å². The molecular weight excluding hydrogens is 334 g/mol. The third-order valence-electron chi connectivity index (χ3n) is 4.71. The Balaban J connectivity index is 1.68. The fraction of sp³-hybridized carbons (Fsp3) is 0.600. The first-order valence-electron chi connectivity index (χ1n) is 7.42. The molecule has 1 aromatic carbocycles. The van der Waals surface area contributed by atoms with E-state index in [1.807, 2.05) is 6.07 Å². The van der Waals surface area contributed by atoms with Gasteiger partial charge in [-0.2, -0.15) is 0 Å². The molecule has 5 nitrogen and oxygen atoms in total. The minimum absolute atomic E-state index is 0.145. The molecule has 0 radical (unpaired) electrons. The number of hydrogen-bond acceptors (Lipinski definition) is 4. The molecule has 1 aromatic rings. The summed E-state index contributed by atoms with van der Waals surface area (Å²) in [6, 6.07) is 7.31. The summed E-state index contributed by atoms with van der Waals surface area (Å²) in [6.45, 7) is 0.762. The molecule has 2 saturated heterocycles. The lowest BCUT2D eigenvalue weighted by atomic mass is 9.98. The van der Waals surface area contributed by atoms with E-state index in [1.54, 1.807) is 12.1 Å². The Morgan fingerprint density at radius 1 is 1.38 bits per heavy atom. The van der Waals surface area contributed by atoms with Crippen molar-refractivity contribution in [3.8, 4) is 0 Å². The van der Waals surface area contributed by atoms with Crippen LogP contribution in [0.1, 0.15) is 31.2 Å². The molecule has 21 heavy (non-hydrogen) atoms. The van der Waals surface area contributed by atoms with Gasteiger partial charge in [-0.1, -0.05) is 6.07 Å². The van der Waals surface area contributed by atoms with E-state index in [4.69, 9.17) is 0 Å². The largest absolute Gasteiger partial charge is 0.311 e. The van der Waals surface area contributed by atoms with Crippen LogP contribution >= 0.6 is 15.9 Å². The van der Waals surface area contributed by atoms with Crippen molar-refractivity contribution < 1.29 is 4.92 Å². The standard InChI is InChI=1S/C15H20BrN3O2/c1-18(13-7-11-3-4-12(8-13)17-11)9-10-2-5-14(16)15(6-10)19(20)21/h2,5-6,11-13,17H,3-4,7-9H2,1H3. The zero-order valence-electron chi connectivity index (χ0n) is 12.1. The van der Waals surface area contributed by atoms with Gasteiger partial charge in [0.2, 0.25) is 0 Å². The first kappa shape index (κ1) is 14.9. The van der Waals surface area contributed by atoms with Crippen molar-refractivity contribution >= 4 is 21.6 Å². The fourth-order valence-corrected chi connectivity index (χ4v) is 3.99. The highest BCUT2D eigenvalue weighted by Crippen LogP contribution is 2.31. The normalized spacial score (nSPS) is 28.0. The molecule has 6 heteroatoms. The van der Waals surface area contributed by atoms with Crippen LogP contribution in [-0.2, 0) is 6.54 Å². The van der Waals surface area contributed by atoms with Crippen molar-refractivity contribution in [3.63, 3.8) is 0 Å². The molecule has 2 aliphatic heterocycles. The number of benzene rings is 1. The Hall–Kier alpha value is -0.980. The van der Waals surface area contributed by atoms with Gasteiger partial charge in [-0.3, -0.25) is 15.0 Å². The molecule has 0 aromatic heterocycles. The van der Waals surface area contributed by atoms with Crippen molar-refractivity contribution in [1.82, 2.24) is 10.2 Å². The van der Waals surface area contributed by atoms with E-state index in [-0.39, 0.29) is 10.6 Å². The lowest BCUT2D eigenvalue weighted by molar-refractivity contribution is -0.385. The van der Waals surface area contributed by atoms with E-state index in [1.165, 1.54) is 25.7 Å². The molecule has 114 valence electrons. The number of nitro groups is 1. The molecule has 0 saturated carbocycles. The number of piperidine rings is 1. The third-order valence-corrected chi connectivity index (χ3v) is 5.38. The summed E-state index contributed by atoms with van der Waals surface area (Å²) in [5.74, 6) is 0. The van der Waals surface area contributed by atoms with Crippen molar-refractivity contribution in [3.05, 3.63) is 38.3 Å². The van der Waals surface area contributed by atoms with Crippen LogP contribution in [0.3, 0.4) is 0 Å². The third kappa shape index (κ3) is 3.27. The maximum absolute atomic E-state index is 11.0. The summed E-state index contributed by atoms with van der Waals surface area (Å²) < 4.78 is 0.541. The van der Waals surface area contributed by atoms with Crippen molar-refractivity contribution in [2.45, 2.75) is 50.4 Å². The predicted molar refractivity (Wildman–Crippen MR) is 85.2 cm³/mol. The molecule has 2 bridgehead atoms. The molecule has 2 fully saturated rings. The molecule has 1 N–H and O–H groups in total. The Labute approximate surface area is 133 Å². The first-order chi connectivity index (χ1) is 10.0. The maximum atomic E-state index is 11.0. The molecule has 0 aliphatic carbocycles. The average molecular weight is 354 g/mol. The van der Waals surface area contributed by atoms with E-state index >= 15 is 0 Å². The predicted octanol–water partition coefficient (Wildman–Crippen LogP) is 3.07. The van der Waals surface area contributed by atoms with E-state index in [2.05, 4.69) is 33.2 Å². The second-order valence-electron chi connectivity index (χ2n) is 6.22. The van der Waals surface area contributed by atoms with Gasteiger partial charge in [0.05, 0.1) is 9.40 Å². The lowest BCUT2D eigenvalue weighted by Gasteiger charge is -2.35. The molecule has 2 heterocycles. The van der Waals surface area contributed by atoms with E-state index in [0.29, 0.717) is 22.6 Å². The van der Waals surface area contributed by atoms with E-state index in [0.717, 1.165) is 12.1 Å². The quantitative estimate of drug-likeness (QED) is 0.667. The van der Waals surface area contributed by atoms with Crippen molar-refractivity contribution in [1.29, 1.82) is 0 Å². The van der Waals surface area contributed by atoms with Crippen LogP contribution in [-0.4, -0.2) is 35.0 Å². The van der Waals surface area contributed by atoms with Gasteiger partial charge in [-0.25, -0.2) is 0 Å². The summed E-state index contributed by atoms with van der Waals surface area (Å²) in [7, 11) is 2.13. The zero-order chi connectivity index (χ0) is 15.0. The Morgan fingerprint density at radius 3 is 2.67 bits per heavy atom. The number of nitro benzene ring substituents is 1. The summed E-state index contributed by atoms with van der Waals surface area (Å²) in [5, 5.41) is 14.7. The minimum Gasteiger partial charge on any atom is -0.311 e. The summed E-state index contributed by atoms with van der Waals surface area (Å²) in [6.07, 6.45) is 4.95. The number of nitrogens with zero attached hydrogens (tertiary/aromatic N) is 2. The van der Waals surface area contributed by atoms with Crippen LogP contribution < -0.4 is 5.32 Å². The highest BCUT2D eigenvalue weighted by atomic mass is 79.9. The van der Waals surface area contributed by atoms with E-state index in [9.17, 15) is 10.1 Å². The zero-order valence-corrected chi connectivity index (χ0v) is 13.7. The van der Waals surface area contributed by atoms with Crippen LogP contribution in [0.5, 0.6) is 0 Å². The average Bonchev–Trinajstić information content (AvgIpc) is 2.79. The summed E-state index contributed by atoms with van der Waals surface area (Å²) in [5.41, 5.74) is 1.14. The molecular formula is C15H20BrN3O2. The van der Waals surface area contributed by atoms with Gasteiger partial charge >= 0.3 is 0 Å². The number of halogens is 1. The lowest BCUT2D eigenvalue weighted by Crippen LogP contribution is -2.46. The number of fused-ring (bicyclic) bond motifs is 2. The van der Waals surface area contributed by atoms with Crippen LogP contribution in [0.4, 0.5) is 5.69 Å². The smallest absolute Gasteiger partial charge is 0.283 e. The first-order valence-corrected chi connectivity index (χ1v) is 8.21. The van der Waals surface area contributed by atoms with Gasteiger partial charge in [0, 0.05) is 30.7 Å². The number of nitrogens with one attached hydrogen (secondary N) is 1.